The van der Waals surface area contributed by atoms with Crippen LogP contribution < -0.4 is 0 Å². The van der Waals surface area contributed by atoms with Gasteiger partial charge in [-0.1, -0.05) is 35.8 Å². The van der Waals surface area contributed by atoms with Crippen LogP contribution in [0.3, 0.4) is 0 Å². The number of benzene rings is 1. The van der Waals surface area contributed by atoms with Gasteiger partial charge in [0.25, 0.3) is 0 Å². The number of halogens is 1. The zero-order chi connectivity index (χ0) is 13.3. The SMILES string of the molecule is CC(C)c1cc(C(=O)O)nn1-c1cccc(Br)c1. The Morgan fingerprint density at radius 3 is 2.67 bits per heavy atom. The molecule has 1 aromatic heterocycles. The smallest absolute Gasteiger partial charge is 0.356 e. The third-order valence-electron chi connectivity index (χ3n) is 2.60. The van der Waals surface area contributed by atoms with Gasteiger partial charge in [0.1, 0.15) is 0 Å². The second-order valence-corrected chi connectivity index (χ2v) is 5.22. The number of carboxylic acids is 1. The molecule has 1 heterocycles. The number of carboxylic acid groups (broad SMARTS) is 1. The van der Waals surface area contributed by atoms with Crippen LogP contribution in [0, 0.1) is 0 Å². The van der Waals surface area contributed by atoms with E-state index in [0.29, 0.717) is 0 Å². The molecule has 2 rings (SSSR count). The van der Waals surface area contributed by atoms with Gasteiger partial charge in [-0.25, -0.2) is 9.48 Å². The van der Waals surface area contributed by atoms with Crippen LogP contribution in [0.2, 0.25) is 0 Å². The maximum atomic E-state index is 11.0. The molecule has 0 bridgehead atoms. The Kier molecular flexibility index (Phi) is 3.52. The van der Waals surface area contributed by atoms with Gasteiger partial charge in [0.05, 0.1) is 5.69 Å². The second-order valence-electron chi connectivity index (χ2n) is 4.31. The first-order valence-electron chi connectivity index (χ1n) is 5.58. The summed E-state index contributed by atoms with van der Waals surface area (Å²) in [5.74, 6) is -0.810. The number of carbonyl (C=O) groups is 1. The van der Waals surface area contributed by atoms with E-state index in [-0.39, 0.29) is 11.6 Å². The first-order chi connectivity index (χ1) is 8.49. The van der Waals surface area contributed by atoms with Crippen LogP contribution in [0.25, 0.3) is 5.69 Å². The van der Waals surface area contributed by atoms with Gasteiger partial charge < -0.3 is 5.11 Å². The van der Waals surface area contributed by atoms with E-state index >= 15 is 0 Å². The Morgan fingerprint density at radius 1 is 1.39 bits per heavy atom. The molecule has 0 aliphatic rings. The fourth-order valence-corrected chi connectivity index (χ4v) is 2.11. The number of aromatic nitrogens is 2. The zero-order valence-corrected chi connectivity index (χ0v) is 11.7. The highest BCUT2D eigenvalue weighted by Gasteiger charge is 2.16. The predicted octanol–water partition coefficient (Wildman–Crippen LogP) is 3.46. The third-order valence-corrected chi connectivity index (χ3v) is 3.09. The first kappa shape index (κ1) is 12.8. The van der Waals surface area contributed by atoms with Gasteiger partial charge in [0, 0.05) is 10.2 Å². The van der Waals surface area contributed by atoms with Crippen molar-refractivity contribution >= 4 is 21.9 Å². The molecule has 5 heteroatoms. The normalized spacial score (nSPS) is 10.9. The molecule has 94 valence electrons. The monoisotopic (exact) mass is 308 g/mol. The maximum Gasteiger partial charge on any atom is 0.356 e. The van der Waals surface area contributed by atoms with E-state index in [0.717, 1.165) is 15.9 Å². The van der Waals surface area contributed by atoms with Crippen LogP contribution in [0.4, 0.5) is 0 Å². The molecule has 0 aliphatic heterocycles. The first-order valence-corrected chi connectivity index (χ1v) is 6.37. The summed E-state index contributed by atoms with van der Waals surface area (Å²) < 4.78 is 2.61. The van der Waals surface area contributed by atoms with E-state index in [1.54, 1.807) is 10.7 Å². The summed E-state index contributed by atoms with van der Waals surface area (Å²) >= 11 is 3.40. The number of aromatic carboxylic acids is 1. The molecular weight excluding hydrogens is 296 g/mol. The summed E-state index contributed by atoms with van der Waals surface area (Å²) in [5.41, 5.74) is 1.80. The van der Waals surface area contributed by atoms with Gasteiger partial charge in [-0.2, -0.15) is 5.10 Å². The lowest BCUT2D eigenvalue weighted by molar-refractivity contribution is 0.0690. The molecule has 2 aromatic rings. The minimum Gasteiger partial charge on any atom is -0.476 e. The molecule has 1 aromatic carbocycles. The van der Waals surface area contributed by atoms with E-state index in [1.807, 2.05) is 38.1 Å². The number of nitrogens with zero attached hydrogens (tertiary/aromatic N) is 2. The van der Waals surface area contributed by atoms with Crippen LogP contribution in [0.1, 0.15) is 35.9 Å². The van der Waals surface area contributed by atoms with Gasteiger partial charge in [-0.05, 0) is 30.2 Å². The number of rotatable bonds is 3. The maximum absolute atomic E-state index is 11.0. The number of hydrogen-bond donors (Lipinski definition) is 1. The minimum atomic E-state index is -1.01. The molecule has 0 unspecified atom stereocenters. The van der Waals surface area contributed by atoms with Crippen molar-refractivity contribution in [3.63, 3.8) is 0 Å². The highest BCUT2D eigenvalue weighted by Crippen LogP contribution is 2.22. The van der Waals surface area contributed by atoms with Crippen LogP contribution in [0.5, 0.6) is 0 Å². The lowest BCUT2D eigenvalue weighted by atomic mass is 10.1. The van der Waals surface area contributed by atoms with Crippen molar-refractivity contribution in [1.82, 2.24) is 9.78 Å². The van der Waals surface area contributed by atoms with Crippen molar-refractivity contribution in [2.24, 2.45) is 0 Å². The van der Waals surface area contributed by atoms with Gasteiger partial charge >= 0.3 is 5.97 Å². The molecule has 4 nitrogen and oxygen atoms in total. The number of hydrogen-bond acceptors (Lipinski definition) is 2. The van der Waals surface area contributed by atoms with Gasteiger partial charge in [-0.15, -0.1) is 0 Å². The molecule has 1 N–H and O–H groups in total. The highest BCUT2D eigenvalue weighted by atomic mass is 79.9. The van der Waals surface area contributed by atoms with Crippen molar-refractivity contribution in [1.29, 1.82) is 0 Å². The summed E-state index contributed by atoms with van der Waals surface area (Å²) in [6, 6.07) is 9.24. The molecule has 0 atom stereocenters. The summed E-state index contributed by atoms with van der Waals surface area (Å²) in [4.78, 5) is 11.0. The van der Waals surface area contributed by atoms with Gasteiger partial charge in [0.2, 0.25) is 0 Å². The van der Waals surface area contributed by atoms with Crippen LogP contribution in [-0.2, 0) is 0 Å². The van der Waals surface area contributed by atoms with E-state index in [1.165, 1.54) is 0 Å². The van der Waals surface area contributed by atoms with Crippen LogP contribution in [-0.4, -0.2) is 20.9 Å². The summed E-state index contributed by atoms with van der Waals surface area (Å²) in [5, 5.41) is 13.2. The fourth-order valence-electron chi connectivity index (χ4n) is 1.73. The Morgan fingerprint density at radius 2 is 2.11 bits per heavy atom. The predicted molar refractivity (Wildman–Crippen MR) is 72.3 cm³/mol. The van der Waals surface area contributed by atoms with Crippen molar-refractivity contribution < 1.29 is 9.90 Å². The average molecular weight is 309 g/mol. The summed E-state index contributed by atoms with van der Waals surface area (Å²) in [6.45, 7) is 4.02. The Labute approximate surface area is 113 Å². The minimum absolute atomic E-state index is 0.0682. The van der Waals surface area contributed by atoms with Gasteiger partial charge in [-0.3, -0.25) is 0 Å². The zero-order valence-electron chi connectivity index (χ0n) is 10.1. The molecule has 0 saturated heterocycles. The standard InChI is InChI=1S/C13H13BrN2O2/c1-8(2)12-7-11(13(17)18)15-16(12)10-5-3-4-9(14)6-10/h3-8H,1-2H3,(H,17,18). The molecule has 0 fully saturated rings. The molecule has 0 radical (unpaired) electrons. The summed E-state index contributed by atoms with van der Waals surface area (Å²) in [7, 11) is 0. The van der Waals surface area contributed by atoms with Crippen molar-refractivity contribution in [3.8, 4) is 5.69 Å². The van der Waals surface area contributed by atoms with Crippen molar-refractivity contribution in [3.05, 3.63) is 46.2 Å². The fraction of sp³-hybridized carbons (Fsp3) is 0.231. The Bertz CT molecular complexity index is 590. The molecule has 0 amide bonds. The topological polar surface area (TPSA) is 55.1 Å². The largest absolute Gasteiger partial charge is 0.476 e. The lowest BCUT2D eigenvalue weighted by Gasteiger charge is -2.09. The van der Waals surface area contributed by atoms with E-state index < -0.39 is 5.97 Å². The van der Waals surface area contributed by atoms with Crippen molar-refractivity contribution in [2.45, 2.75) is 19.8 Å². The Hall–Kier alpha value is -1.62. The molecule has 0 aliphatic carbocycles. The molecular formula is C13H13BrN2O2. The van der Waals surface area contributed by atoms with Crippen LogP contribution in [0.15, 0.2) is 34.8 Å². The molecule has 0 spiro atoms. The van der Waals surface area contributed by atoms with E-state index in [9.17, 15) is 4.79 Å². The Balaban J connectivity index is 2.58. The summed E-state index contributed by atoms with van der Waals surface area (Å²) in [6.07, 6.45) is 0. The van der Waals surface area contributed by atoms with Gasteiger partial charge in [0.15, 0.2) is 5.69 Å². The highest BCUT2D eigenvalue weighted by molar-refractivity contribution is 9.10. The van der Waals surface area contributed by atoms with E-state index in [4.69, 9.17) is 5.11 Å². The van der Waals surface area contributed by atoms with E-state index in [2.05, 4.69) is 21.0 Å². The molecule has 0 saturated carbocycles. The quantitative estimate of drug-likeness (QED) is 0.944. The second kappa shape index (κ2) is 4.94. The van der Waals surface area contributed by atoms with Crippen molar-refractivity contribution in [2.75, 3.05) is 0 Å². The molecule has 18 heavy (non-hydrogen) atoms. The lowest BCUT2D eigenvalue weighted by Crippen LogP contribution is -2.04. The average Bonchev–Trinajstić information content (AvgIpc) is 2.73. The third kappa shape index (κ3) is 2.46. The van der Waals surface area contributed by atoms with Crippen LogP contribution >= 0.6 is 15.9 Å².